The Balaban J connectivity index is 1.41. The molecule has 2 aromatic carbocycles. The number of nitrogens with one attached hydrogen (secondary N) is 1. The fraction of sp³-hybridized carbons (Fsp3) is 0.300. The number of aromatic nitrogens is 1. The minimum Gasteiger partial charge on any atom is -0.481 e. The number of ether oxygens (including phenoxy) is 1. The van der Waals surface area contributed by atoms with Gasteiger partial charge in [0.05, 0.1) is 15.1 Å². The molecule has 158 valence electrons. The van der Waals surface area contributed by atoms with Gasteiger partial charge in [-0.3, -0.25) is 9.59 Å². The van der Waals surface area contributed by atoms with E-state index in [1.807, 2.05) is 18.2 Å². The summed E-state index contributed by atoms with van der Waals surface area (Å²) < 4.78 is 33.7. The number of aromatic amines is 1. The van der Waals surface area contributed by atoms with Crippen molar-refractivity contribution in [1.82, 2.24) is 14.2 Å². The smallest absolute Gasteiger partial charge is 0.305 e. The Hall–Kier alpha value is -2.69. The van der Waals surface area contributed by atoms with Crippen molar-refractivity contribution in [1.29, 1.82) is 0 Å². The Bertz CT molecular complexity index is 1210. The molecule has 0 bridgehead atoms. The molecule has 1 amide bonds. The second kappa shape index (κ2) is 8.21. The van der Waals surface area contributed by atoms with Gasteiger partial charge in [0.25, 0.3) is 5.91 Å². The second-order valence-electron chi connectivity index (χ2n) is 6.97. The van der Waals surface area contributed by atoms with Crippen LogP contribution in [-0.4, -0.2) is 60.8 Å². The molecule has 0 spiro atoms. The van der Waals surface area contributed by atoms with E-state index < -0.39 is 16.1 Å². The third kappa shape index (κ3) is 4.11. The van der Waals surface area contributed by atoms with E-state index >= 15 is 0 Å². The van der Waals surface area contributed by atoms with Crippen molar-refractivity contribution in [2.24, 2.45) is 0 Å². The minimum atomic E-state index is -3.71. The molecule has 1 aliphatic rings. The van der Waals surface area contributed by atoms with Crippen molar-refractivity contribution in [2.75, 3.05) is 26.2 Å². The normalized spacial score (nSPS) is 16.5. The monoisotopic (exact) mass is 447 g/mol. The fourth-order valence-electron chi connectivity index (χ4n) is 3.39. The van der Waals surface area contributed by atoms with Gasteiger partial charge in [0.15, 0.2) is 6.10 Å². The average Bonchev–Trinajstić information content (AvgIpc) is 3.13. The van der Waals surface area contributed by atoms with Gasteiger partial charge in [0.2, 0.25) is 10.0 Å². The van der Waals surface area contributed by atoms with Gasteiger partial charge < -0.3 is 14.6 Å². The molecule has 1 N–H and O–H groups in total. The highest BCUT2D eigenvalue weighted by Gasteiger charge is 2.32. The molecule has 10 heteroatoms. The lowest BCUT2D eigenvalue weighted by molar-refractivity contribution is -0.139. The second-order valence-corrected chi connectivity index (χ2v) is 9.93. The molecule has 1 saturated heterocycles. The van der Waals surface area contributed by atoms with Crippen LogP contribution in [-0.2, 0) is 14.8 Å². The van der Waals surface area contributed by atoms with Gasteiger partial charge in [-0.05, 0) is 37.3 Å². The van der Waals surface area contributed by atoms with Crippen LogP contribution in [0.15, 0.2) is 58.2 Å². The molecular weight excluding hydrogens is 426 g/mol. The Morgan fingerprint density at radius 2 is 1.80 bits per heavy atom. The van der Waals surface area contributed by atoms with E-state index in [9.17, 15) is 18.0 Å². The maximum absolute atomic E-state index is 13.0. The SMILES string of the molecule is C[C@@H](Oc1ccccc1)C(=O)N1CCN(S(=O)(=O)c2ccc3[nH]c(=O)sc3c2)CC1. The Morgan fingerprint density at radius 1 is 1.10 bits per heavy atom. The molecule has 0 aliphatic carbocycles. The Kier molecular flexibility index (Phi) is 5.63. The largest absolute Gasteiger partial charge is 0.481 e. The van der Waals surface area contributed by atoms with E-state index in [-0.39, 0.29) is 28.8 Å². The van der Waals surface area contributed by atoms with Crippen LogP contribution >= 0.6 is 11.3 Å². The number of sulfonamides is 1. The lowest BCUT2D eigenvalue weighted by atomic mass is 10.3. The Morgan fingerprint density at radius 3 is 2.50 bits per heavy atom. The average molecular weight is 448 g/mol. The zero-order valence-electron chi connectivity index (χ0n) is 16.3. The number of thiazole rings is 1. The van der Waals surface area contributed by atoms with Crippen LogP contribution in [0.3, 0.4) is 0 Å². The van der Waals surface area contributed by atoms with E-state index in [1.165, 1.54) is 16.4 Å². The van der Waals surface area contributed by atoms with Gasteiger partial charge in [0, 0.05) is 26.2 Å². The molecule has 8 nitrogen and oxygen atoms in total. The summed E-state index contributed by atoms with van der Waals surface area (Å²) in [6.07, 6.45) is -0.658. The van der Waals surface area contributed by atoms with E-state index in [1.54, 1.807) is 30.0 Å². The van der Waals surface area contributed by atoms with Gasteiger partial charge >= 0.3 is 4.87 Å². The van der Waals surface area contributed by atoms with Crippen LogP contribution in [0.2, 0.25) is 0 Å². The summed E-state index contributed by atoms with van der Waals surface area (Å²) in [4.78, 5) is 28.4. The minimum absolute atomic E-state index is 0.144. The van der Waals surface area contributed by atoms with Gasteiger partial charge in [-0.1, -0.05) is 29.5 Å². The topological polar surface area (TPSA) is 99.8 Å². The van der Waals surface area contributed by atoms with Crippen molar-refractivity contribution in [2.45, 2.75) is 17.9 Å². The zero-order chi connectivity index (χ0) is 21.3. The molecule has 3 aromatic rings. The number of benzene rings is 2. The van der Waals surface area contributed by atoms with Gasteiger partial charge in [-0.25, -0.2) is 8.42 Å². The predicted octanol–water partition coefficient (Wildman–Crippen LogP) is 1.89. The summed E-state index contributed by atoms with van der Waals surface area (Å²) in [5.74, 6) is 0.441. The van der Waals surface area contributed by atoms with E-state index in [0.717, 1.165) is 11.3 Å². The molecule has 1 aliphatic heterocycles. The van der Waals surface area contributed by atoms with Crippen molar-refractivity contribution in [3.05, 3.63) is 58.2 Å². The maximum atomic E-state index is 13.0. The molecule has 2 heterocycles. The highest BCUT2D eigenvalue weighted by Crippen LogP contribution is 2.23. The predicted molar refractivity (Wildman–Crippen MR) is 114 cm³/mol. The molecule has 4 rings (SSSR count). The van der Waals surface area contributed by atoms with Gasteiger partial charge in [-0.2, -0.15) is 4.31 Å². The highest BCUT2D eigenvalue weighted by molar-refractivity contribution is 7.89. The number of piperazine rings is 1. The molecule has 0 unspecified atom stereocenters. The molecule has 0 radical (unpaired) electrons. The van der Waals surface area contributed by atoms with Crippen molar-refractivity contribution >= 4 is 37.5 Å². The van der Waals surface area contributed by atoms with Crippen LogP contribution in [0, 0.1) is 0 Å². The summed E-state index contributed by atoms with van der Waals surface area (Å²) >= 11 is 0.976. The van der Waals surface area contributed by atoms with Crippen LogP contribution in [0.5, 0.6) is 5.75 Å². The summed E-state index contributed by atoms with van der Waals surface area (Å²) in [6.45, 7) is 2.68. The number of carbonyl (C=O) groups is 1. The number of hydrogen-bond donors (Lipinski definition) is 1. The molecular formula is C20H21N3O5S2. The van der Waals surface area contributed by atoms with Crippen LogP contribution in [0.4, 0.5) is 0 Å². The fourth-order valence-corrected chi connectivity index (χ4v) is 5.69. The van der Waals surface area contributed by atoms with E-state index in [4.69, 9.17) is 4.74 Å². The highest BCUT2D eigenvalue weighted by atomic mass is 32.2. The maximum Gasteiger partial charge on any atom is 0.305 e. The molecule has 0 saturated carbocycles. The van der Waals surface area contributed by atoms with Crippen LogP contribution in [0.1, 0.15) is 6.92 Å². The number of para-hydroxylation sites is 1. The molecule has 1 atom stereocenters. The number of rotatable bonds is 5. The van der Waals surface area contributed by atoms with Crippen LogP contribution < -0.4 is 9.61 Å². The first kappa shape index (κ1) is 20.6. The summed E-state index contributed by atoms with van der Waals surface area (Å²) in [5, 5.41) is 0. The molecule has 30 heavy (non-hydrogen) atoms. The number of carbonyl (C=O) groups excluding carboxylic acids is 1. The van der Waals surface area contributed by atoms with E-state index in [0.29, 0.717) is 29.1 Å². The Labute approximate surface area is 177 Å². The standard InChI is InChI=1S/C20H21N3O5S2/c1-14(28-15-5-3-2-4-6-15)19(24)22-9-11-23(12-10-22)30(26,27)16-7-8-17-18(13-16)29-20(25)21-17/h2-8,13-14H,9-12H2,1H3,(H,21,25)/t14-/m1/s1. The number of nitrogens with zero attached hydrogens (tertiary/aromatic N) is 2. The first-order valence-electron chi connectivity index (χ1n) is 9.48. The van der Waals surface area contributed by atoms with Gasteiger partial charge in [0.1, 0.15) is 5.75 Å². The number of fused-ring (bicyclic) bond motifs is 1. The van der Waals surface area contributed by atoms with E-state index in [2.05, 4.69) is 4.98 Å². The molecule has 1 aromatic heterocycles. The lowest BCUT2D eigenvalue weighted by Gasteiger charge is -2.35. The quantitative estimate of drug-likeness (QED) is 0.644. The van der Waals surface area contributed by atoms with Crippen LogP contribution in [0.25, 0.3) is 10.2 Å². The van der Waals surface area contributed by atoms with Crippen molar-refractivity contribution in [3.63, 3.8) is 0 Å². The zero-order valence-corrected chi connectivity index (χ0v) is 17.9. The van der Waals surface area contributed by atoms with Gasteiger partial charge in [-0.15, -0.1) is 0 Å². The summed E-state index contributed by atoms with van der Waals surface area (Å²) in [7, 11) is -3.71. The third-order valence-corrected chi connectivity index (χ3v) is 7.72. The number of amides is 1. The number of H-pyrrole nitrogens is 1. The van der Waals surface area contributed by atoms with Crippen molar-refractivity contribution in [3.8, 4) is 5.75 Å². The molecule has 1 fully saturated rings. The third-order valence-electron chi connectivity index (χ3n) is 4.98. The lowest BCUT2D eigenvalue weighted by Crippen LogP contribution is -2.53. The number of hydrogen-bond acceptors (Lipinski definition) is 6. The summed E-state index contributed by atoms with van der Waals surface area (Å²) in [6, 6.07) is 13.7. The first-order valence-corrected chi connectivity index (χ1v) is 11.7. The first-order chi connectivity index (χ1) is 14.3. The summed E-state index contributed by atoms with van der Waals surface area (Å²) in [5.41, 5.74) is 0.617. The van der Waals surface area contributed by atoms with Crippen molar-refractivity contribution < 1.29 is 17.9 Å².